The van der Waals surface area contributed by atoms with Gasteiger partial charge in [0, 0.05) is 14.1 Å². The summed E-state index contributed by atoms with van der Waals surface area (Å²) in [5.41, 5.74) is 5.48. The number of rotatable bonds is 2. The molecule has 0 saturated heterocycles. The maximum absolute atomic E-state index is 3.82. The summed E-state index contributed by atoms with van der Waals surface area (Å²) in [6.07, 6.45) is 1.64. The Morgan fingerprint density at radius 1 is 1.75 bits per heavy atom. The van der Waals surface area contributed by atoms with Gasteiger partial charge in [-0.15, -0.1) is 0 Å². The van der Waals surface area contributed by atoms with E-state index in [9.17, 15) is 0 Å². The maximum Gasteiger partial charge on any atom is 0.134 e. The van der Waals surface area contributed by atoms with E-state index in [0.717, 1.165) is 5.84 Å². The number of hydrogen-bond acceptors (Lipinski definition) is 2. The van der Waals surface area contributed by atoms with E-state index in [2.05, 4.69) is 22.4 Å². The zero-order valence-electron chi connectivity index (χ0n) is 5.23. The van der Waals surface area contributed by atoms with Gasteiger partial charge in [-0.3, -0.25) is 4.99 Å². The van der Waals surface area contributed by atoms with Crippen molar-refractivity contribution in [2.45, 2.75) is 0 Å². The Hall–Kier alpha value is -0.830. The molecular weight excluding hydrogens is 102 g/mol. The largest absolute Gasteiger partial charge is 0.306 e. The van der Waals surface area contributed by atoms with Crippen molar-refractivity contribution in [3.05, 3.63) is 12.7 Å². The van der Waals surface area contributed by atoms with Gasteiger partial charge in [-0.1, -0.05) is 6.58 Å². The lowest BCUT2D eigenvalue weighted by atomic mass is 10.6. The van der Waals surface area contributed by atoms with E-state index >= 15 is 0 Å². The summed E-state index contributed by atoms with van der Waals surface area (Å²) >= 11 is 0. The molecular formula is C5H11N3. The van der Waals surface area contributed by atoms with Gasteiger partial charge in [0.15, 0.2) is 0 Å². The van der Waals surface area contributed by atoms with Crippen LogP contribution in [0, 0.1) is 0 Å². The van der Waals surface area contributed by atoms with Crippen molar-refractivity contribution in [2.75, 3.05) is 14.1 Å². The van der Waals surface area contributed by atoms with Crippen molar-refractivity contribution >= 4 is 5.84 Å². The second-order valence-corrected chi connectivity index (χ2v) is 1.19. The van der Waals surface area contributed by atoms with Gasteiger partial charge in [0.05, 0.1) is 0 Å². The average Bonchev–Trinajstić information content (AvgIpc) is 1.83. The number of nitrogens with one attached hydrogen (secondary N) is 2. The van der Waals surface area contributed by atoms with Crippen LogP contribution >= 0.6 is 0 Å². The fraction of sp³-hybridized carbons (Fsp3) is 0.400. The lowest BCUT2D eigenvalue weighted by Gasteiger charge is -1.99. The van der Waals surface area contributed by atoms with Gasteiger partial charge in [-0.05, 0) is 6.08 Å². The van der Waals surface area contributed by atoms with Crippen molar-refractivity contribution in [2.24, 2.45) is 4.99 Å². The van der Waals surface area contributed by atoms with Gasteiger partial charge < -0.3 is 5.43 Å². The molecule has 3 heteroatoms. The van der Waals surface area contributed by atoms with E-state index < -0.39 is 0 Å². The van der Waals surface area contributed by atoms with Gasteiger partial charge >= 0.3 is 0 Å². The SMILES string of the molecule is C=CC(=NC)NNC. The summed E-state index contributed by atoms with van der Waals surface area (Å²) in [5, 5.41) is 0. The molecule has 3 nitrogen and oxygen atoms in total. The molecule has 0 heterocycles. The van der Waals surface area contributed by atoms with Crippen LogP contribution in [0.2, 0.25) is 0 Å². The van der Waals surface area contributed by atoms with E-state index in [0.29, 0.717) is 0 Å². The molecule has 0 aliphatic rings. The number of aliphatic imine (C=N–C) groups is 1. The van der Waals surface area contributed by atoms with Crippen LogP contribution in [0.25, 0.3) is 0 Å². The standard InChI is InChI=1S/C5H11N3/c1-4-5(6-2)8-7-3/h4,7H,1H2,2-3H3,(H,6,8). The first kappa shape index (κ1) is 7.17. The third-order valence-corrected chi connectivity index (χ3v) is 0.687. The molecule has 0 aromatic carbocycles. The van der Waals surface area contributed by atoms with Gasteiger partial charge in [0.25, 0.3) is 0 Å². The van der Waals surface area contributed by atoms with E-state index in [1.807, 2.05) is 0 Å². The Kier molecular flexibility index (Phi) is 3.88. The molecule has 0 aromatic heterocycles. The van der Waals surface area contributed by atoms with Crippen LogP contribution in [-0.4, -0.2) is 19.9 Å². The minimum Gasteiger partial charge on any atom is -0.306 e. The normalized spacial score (nSPS) is 11.0. The van der Waals surface area contributed by atoms with Crippen molar-refractivity contribution in [1.29, 1.82) is 0 Å². The summed E-state index contributed by atoms with van der Waals surface area (Å²) in [4.78, 5) is 3.82. The third kappa shape index (κ3) is 2.36. The zero-order valence-corrected chi connectivity index (χ0v) is 5.23. The number of amidine groups is 1. The van der Waals surface area contributed by atoms with E-state index in [1.165, 1.54) is 0 Å². The molecule has 0 rings (SSSR count). The summed E-state index contributed by atoms with van der Waals surface area (Å²) in [6, 6.07) is 0. The fourth-order valence-corrected chi connectivity index (χ4v) is 0.326. The molecule has 0 aromatic rings. The van der Waals surface area contributed by atoms with Crippen molar-refractivity contribution in [3.8, 4) is 0 Å². The van der Waals surface area contributed by atoms with E-state index in [1.54, 1.807) is 20.2 Å². The molecule has 0 atom stereocenters. The summed E-state index contributed by atoms with van der Waals surface area (Å²) < 4.78 is 0. The lowest BCUT2D eigenvalue weighted by Crippen LogP contribution is -2.32. The van der Waals surface area contributed by atoms with Gasteiger partial charge in [0.1, 0.15) is 5.84 Å². The predicted molar refractivity (Wildman–Crippen MR) is 35.8 cm³/mol. The molecule has 0 radical (unpaired) electrons. The minimum atomic E-state index is 0.743. The van der Waals surface area contributed by atoms with Gasteiger partial charge in [-0.2, -0.15) is 0 Å². The highest BCUT2D eigenvalue weighted by molar-refractivity contribution is 5.91. The third-order valence-electron chi connectivity index (χ3n) is 0.687. The summed E-state index contributed by atoms with van der Waals surface area (Å²) in [7, 11) is 3.47. The van der Waals surface area contributed by atoms with Crippen LogP contribution in [0.15, 0.2) is 17.6 Å². The lowest BCUT2D eigenvalue weighted by molar-refractivity contribution is 0.770. The Labute approximate surface area is 49.5 Å². The molecule has 0 fully saturated rings. The van der Waals surface area contributed by atoms with Crippen LogP contribution in [0.1, 0.15) is 0 Å². The highest BCUT2D eigenvalue weighted by Gasteiger charge is 1.81. The Morgan fingerprint density at radius 2 is 2.38 bits per heavy atom. The maximum atomic E-state index is 3.82. The minimum absolute atomic E-state index is 0.743. The second kappa shape index (κ2) is 4.33. The highest BCUT2D eigenvalue weighted by Crippen LogP contribution is 1.66. The first-order valence-electron chi connectivity index (χ1n) is 2.37. The monoisotopic (exact) mass is 113 g/mol. The van der Waals surface area contributed by atoms with E-state index in [-0.39, 0.29) is 0 Å². The van der Waals surface area contributed by atoms with Crippen LogP contribution in [0.3, 0.4) is 0 Å². The van der Waals surface area contributed by atoms with Crippen molar-refractivity contribution in [3.63, 3.8) is 0 Å². The summed E-state index contributed by atoms with van der Waals surface area (Å²) in [5.74, 6) is 0.743. The molecule has 0 unspecified atom stereocenters. The highest BCUT2D eigenvalue weighted by atomic mass is 15.4. The van der Waals surface area contributed by atoms with Crippen LogP contribution in [0.4, 0.5) is 0 Å². The van der Waals surface area contributed by atoms with Crippen LogP contribution in [0.5, 0.6) is 0 Å². The van der Waals surface area contributed by atoms with Gasteiger partial charge in [0.2, 0.25) is 0 Å². The van der Waals surface area contributed by atoms with Crippen molar-refractivity contribution in [1.82, 2.24) is 10.9 Å². The second-order valence-electron chi connectivity index (χ2n) is 1.19. The first-order chi connectivity index (χ1) is 3.85. The molecule has 46 valence electrons. The van der Waals surface area contributed by atoms with E-state index in [4.69, 9.17) is 0 Å². The average molecular weight is 113 g/mol. The number of hydrogen-bond donors (Lipinski definition) is 2. The zero-order chi connectivity index (χ0) is 6.41. The molecule has 0 bridgehead atoms. The van der Waals surface area contributed by atoms with Crippen LogP contribution in [-0.2, 0) is 0 Å². The first-order valence-corrected chi connectivity index (χ1v) is 2.37. The molecule has 0 amide bonds. The Balaban J connectivity index is 3.54. The predicted octanol–water partition coefficient (Wildman–Crippen LogP) is -0.0753. The fourth-order valence-electron chi connectivity index (χ4n) is 0.326. The smallest absolute Gasteiger partial charge is 0.134 e. The molecule has 0 aliphatic carbocycles. The van der Waals surface area contributed by atoms with Gasteiger partial charge in [-0.25, -0.2) is 5.43 Å². The number of hydrazine groups is 1. The Morgan fingerprint density at radius 3 is 2.50 bits per heavy atom. The molecule has 0 spiro atoms. The van der Waals surface area contributed by atoms with Crippen LogP contribution < -0.4 is 10.9 Å². The molecule has 8 heavy (non-hydrogen) atoms. The molecule has 0 aliphatic heterocycles. The quantitative estimate of drug-likeness (QED) is 0.298. The topological polar surface area (TPSA) is 36.4 Å². The number of nitrogens with zero attached hydrogens (tertiary/aromatic N) is 1. The Bertz CT molecular complexity index is 95.8. The summed E-state index contributed by atoms with van der Waals surface area (Å²) in [6.45, 7) is 3.52. The molecule has 2 N–H and O–H groups in total. The van der Waals surface area contributed by atoms with Crippen molar-refractivity contribution < 1.29 is 0 Å². The molecule has 0 saturated carbocycles.